The average Bonchev–Trinajstić information content (AvgIpc) is 2.85. The van der Waals surface area contributed by atoms with Gasteiger partial charge in [0.2, 0.25) is 5.91 Å². The number of amides is 1. The number of rotatable bonds is 22. The van der Waals surface area contributed by atoms with Gasteiger partial charge in [-0.3, -0.25) is 14.6 Å². The Hall–Kier alpha value is -2.35. The number of aliphatic hydroxyl groups is 2. The van der Waals surface area contributed by atoms with Crippen LogP contribution in [0.25, 0.3) is 0 Å². The van der Waals surface area contributed by atoms with Crippen LogP contribution < -0.4 is 4.74 Å². The number of carbonyl (C=O) groups excluding carboxylic acids is 1. The summed E-state index contributed by atoms with van der Waals surface area (Å²) >= 11 is 0. The van der Waals surface area contributed by atoms with E-state index in [9.17, 15) is 19.8 Å². The van der Waals surface area contributed by atoms with Crippen molar-refractivity contribution in [1.82, 2.24) is 9.88 Å². The molecule has 1 amide bonds. The summed E-state index contributed by atoms with van der Waals surface area (Å²) in [7, 11) is 1.61. The number of carboxylic acids is 1. The summed E-state index contributed by atoms with van der Waals surface area (Å²) in [4.78, 5) is 29.1. The molecule has 3 N–H and O–H groups in total. The molecule has 0 atom stereocenters. The molecule has 200 valence electrons. The fraction of sp³-hybridized carbons (Fsp3) is 0.696. The smallest absolute Gasteiger partial charge is 0.303 e. The van der Waals surface area contributed by atoms with E-state index >= 15 is 0 Å². The number of ether oxygens (including phenoxy) is 5. The number of hydrogen-bond acceptors (Lipinski definition) is 10. The van der Waals surface area contributed by atoms with E-state index in [4.69, 9.17) is 28.8 Å². The zero-order valence-corrected chi connectivity index (χ0v) is 20.4. The lowest BCUT2D eigenvalue weighted by Crippen LogP contribution is -2.36. The van der Waals surface area contributed by atoms with Crippen LogP contribution in [0, 0.1) is 0 Å². The van der Waals surface area contributed by atoms with Gasteiger partial charge in [-0.2, -0.15) is 0 Å². The Bertz CT molecular complexity index is 697. The van der Waals surface area contributed by atoms with Gasteiger partial charge in [0, 0.05) is 32.2 Å². The quantitative estimate of drug-likeness (QED) is 0.186. The van der Waals surface area contributed by atoms with E-state index in [0.29, 0.717) is 63.2 Å². The van der Waals surface area contributed by atoms with Gasteiger partial charge in [-0.25, -0.2) is 0 Å². The lowest BCUT2D eigenvalue weighted by atomic mass is 10.2. The van der Waals surface area contributed by atoms with E-state index in [2.05, 4.69) is 4.98 Å². The predicted octanol–water partition coefficient (Wildman–Crippen LogP) is 0.225. The largest absolute Gasteiger partial charge is 0.492 e. The molecule has 0 unspecified atom stereocenters. The van der Waals surface area contributed by atoms with E-state index < -0.39 is 5.97 Å². The summed E-state index contributed by atoms with van der Waals surface area (Å²) in [6.07, 6.45) is 0.421. The lowest BCUT2D eigenvalue weighted by molar-refractivity contribution is -0.138. The SMILES string of the molecule is COCCOCCOCCOCCC(=O)N(CCCC(=O)O)CCOc1cc(CO)nc(CO)c1. The van der Waals surface area contributed by atoms with Crippen molar-refractivity contribution in [2.75, 3.05) is 73.1 Å². The first-order chi connectivity index (χ1) is 17.0. The van der Waals surface area contributed by atoms with E-state index in [-0.39, 0.29) is 58.3 Å². The molecular weight excluding hydrogens is 464 g/mol. The standard InChI is InChI=1S/C23H38N2O10/c1-31-9-10-33-13-14-34-12-11-32-7-4-22(28)25(5-2-3-23(29)30)6-8-35-21-15-19(17-26)24-20(16-21)18-27/h15-16,26-27H,2-14,17-18H2,1H3,(H,29,30). The van der Waals surface area contributed by atoms with Crippen molar-refractivity contribution in [3.8, 4) is 5.75 Å². The van der Waals surface area contributed by atoms with Gasteiger partial charge in [0.05, 0.1) is 83.8 Å². The summed E-state index contributed by atoms with van der Waals surface area (Å²) in [5.74, 6) is -0.683. The first-order valence-corrected chi connectivity index (χ1v) is 11.6. The molecule has 1 aromatic rings. The van der Waals surface area contributed by atoms with Gasteiger partial charge in [-0.05, 0) is 6.42 Å². The number of hydrogen-bond donors (Lipinski definition) is 3. The Morgan fingerprint density at radius 3 is 1.94 bits per heavy atom. The molecule has 0 aliphatic carbocycles. The van der Waals surface area contributed by atoms with Gasteiger partial charge in [0.1, 0.15) is 12.4 Å². The number of carbonyl (C=O) groups is 2. The zero-order valence-electron chi connectivity index (χ0n) is 20.4. The Labute approximate surface area is 205 Å². The van der Waals surface area contributed by atoms with Crippen molar-refractivity contribution < 1.29 is 48.6 Å². The van der Waals surface area contributed by atoms with Gasteiger partial charge < -0.3 is 43.9 Å². The van der Waals surface area contributed by atoms with E-state index in [1.165, 1.54) is 0 Å². The van der Waals surface area contributed by atoms with E-state index in [0.717, 1.165) is 0 Å². The van der Waals surface area contributed by atoms with Crippen LogP contribution in [0.1, 0.15) is 30.7 Å². The van der Waals surface area contributed by atoms with Crippen LogP contribution >= 0.6 is 0 Å². The minimum absolute atomic E-state index is 0.0439. The molecule has 35 heavy (non-hydrogen) atoms. The minimum Gasteiger partial charge on any atom is -0.492 e. The molecule has 0 fully saturated rings. The maximum absolute atomic E-state index is 12.6. The Kier molecular flexibility index (Phi) is 17.4. The highest BCUT2D eigenvalue weighted by atomic mass is 16.6. The zero-order chi connectivity index (χ0) is 25.7. The number of aromatic nitrogens is 1. The number of methoxy groups -OCH3 is 1. The highest BCUT2D eigenvalue weighted by molar-refractivity contribution is 5.76. The summed E-state index contributed by atoms with van der Waals surface area (Å²) in [5.41, 5.74) is 0.723. The first-order valence-electron chi connectivity index (χ1n) is 11.6. The van der Waals surface area contributed by atoms with Crippen LogP contribution in [0.4, 0.5) is 0 Å². The topological polar surface area (TPSA) is 157 Å². The number of pyridine rings is 1. The Morgan fingerprint density at radius 1 is 0.829 bits per heavy atom. The molecule has 0 saturated heterocycles. The third-order valence-electron chi connectivity index (χ3n) is 4.67. The third-order valence-corrected chi connectivity index (χ3v) is 4.67. The van der Waals surface area contributed by atoms with Crippen LogP contribution in [0.5, 0.6) is 5.75 Å². The monoisotopic (exact) mass is 502 g/mol. The molecule has 0 aliphatic heterocycles. The predicted molar refractivity (Wildman–Crippen MR) is 124 cm³/mol. The maximum atomic E-state index is 12.6. The van der Waals surface area contributed by atoms with Crippen molar-refractivity contribution in [3.05, 3.63) is 23.5 Å². The summed E-state index contributed by atoms with van der Waals surface area (Å²) in [5, 5.41) is 27.5. The molecule has 1 heterocycles. The molecule has 0 aromatic carbocycles. The van der Waals surface area contributed by atoms with Crippen molar-refractivity contribution in [2.45, 2.75) is 32.5 Å². The molecular formula is C23H38N2O10. The molecule has 1 rings (SSSR count). The number of carboxylic acid groups (broad SMARTS) is 1. The first kappa shape index (κ1) is 30.7. The van der Waals surface area contributed by atoms with Crippen LogP contribution in [0.2, 0.25) is 0 Å². The third kappa shape index (κ3) is 15.3. The molecule has 12 nitrogen and oxygen atoms in total. The molecule has 0 saturated carbocycles. The van der Waals surface area contributed by atoms with Crippen LogP contribution in [-0.2, 0) is 41.8 Å². The van der Waals surface area contributed by atoms with Gasteiger partial charge >= 0.3 is 5.97 Å². The van der Waals surface area contributed by atoms with Gasteiger partial charge in [0.25, 0.3) is 0 Å². The van der Waals surface area contributed by atoms with Crippen molar-refractivity contribution >= 4 is 11.9 Å². The summed E-state index contributed by atoms with van der Waals surface area (Å²) < 4.78 is 26.7. The van der Waals surface area contributed by atoms with Gasteiger partial charge in [0.15, 0.2) is 0 Å². The van der Waals surface area contributed by atoms with Crippen molar-refractivity contribution in [3.63, 3.8) is 0 Å². The lowest BCUT2D eigenvalue weighted by Gasteiger charge is -2.23. The highest BCUT2D eigenvalue weighted by Crippen LogP contribution is 2.15. The van der Waals surface area contributed by atoms with Crippen LogP contribution in [0.15, 0.2) is 12.1 Å². The number of aliphatic carboxylic acids is 1. The van der Waals surface area contributed by atoms with Crippen molar-refractivity contribution in [1.29, 1.82) is 0 Å². The molecule has 1 aromatic heterocycles. The molecule has 0 bridgehead atoms. The summed E-state index contributed by atoms with van der Waals surface area (Å²) in [6.45, 7) is 3.00. The second-order valence-electron chi connectivity index (χ2n) is 7.41. The molecule has 0 radical (unpaired) electrons. The fourth-order valence-corrected chi connectivity index (χ4v) is 2.92. The number of aliphatic hydroxyl groups excluding tert-OH is 2. The van der Waals surface area contributed by atoms with Crippen LogP contribution in [-0.4, -0.2) is 110 Å². The second-order valence-corrected chi connectivity index (χ2v) is 7.41. The van der Waals surface area contributed by atoms with Gasteiger partial charge in [-0.15, -0.1) is 0 Å². The molecule has 0 spiro atoms. The Morgan fingerprint density at radius 2 is 1.40 bits per heavy atom. The Balaban J connectivity index is 2.37. The minimum atomic E-state index is -0.925. The van der Waals surface area contributed by atoms with E-state index in [1.54, 1.807) is 24.1 Å². The maximum Gasteiger partial charge on any atom is 0.303 e. The average molecular weight is 503 g/mol. The van der Waals surface area contributed by atoms with E-state index in [1.807, 2.05) is 0 Å². The highest BCUT2D eigenvalue weighted by Gasteiger charge is 2.14. The fourth-order valence-electron chi connectivity index (χ4n) is 2.92. The molecule has 12 heteroatoms. The van der Waals surface area contributed by atoms with Crippen LogP contribution in [0.3, 0.4) is 0 Å². The number of nitrogens with zero attached hydrogens (tertiary/aromatic N) is 2. The normalized spacial score (nSPS) is 10.9. The summed E-state index contributed by atoms with van der Waals surface area (Å²) in [6, 6.07) is 3.11. The molecule has 0 aliphatic rings. The van der Waals surface area contributed by atoms with Crippen molar-refractivity contribution in [2.24, 2.45) is 0 Å². The van der Waals surface area contributed by atoms with Gasteiger partial charge in [-0.1, -0.05) is 0 Å². The second kappa shape index (κ2) is 19.9.